The largest absolute Gasteiger partial charge is 0.456 e. The van der Waals surface area contributed by atoms with Gasteiger partial charge in [0.15, 0.2) is 5.60 Å². The second kappa shape index (κ2) is 11.5. The molecule has 0 radical (unpaired) electrons. The first kappa shape index (κ1) is 27.2. The zero-order valence-electron chi connectivity index (χ0n) is 23.6. The highest BCUT2D eigenvalue weighted by Gasteiger charge is 2.53. The molecule has 2 aliphatic rings. The number of ether oxygens (including phenoxy) is 2. The molecule has 4 aromatic rings. The van der Waals surface area contributed by atoms with E-state index in [0.29, 0.717) is 22.9 Å². The highest BCUT2D eigenvalue weighted by atomic mass is 35.5. The Bertz CT molecular complexity index is 1560. The number of halogens is 1. The number of nitrogens with zero attached hydrogens (tertiary/aromatic N) is 1. The number of hydrogen-bond donors (Lipinski definition) is 1. The molecule has 2 aliphatic heterocycles. The molecule has 6 heteroatoms. The number of anilines is 2. The van der Waals surface area contributed by atoms with Gasteiger partial charge < -0.3 is 19.7 Å². The Hall–Kier alpha value is -3.96. The van der Waals surface area contributed by atoms with E-state index in [1.54, 1.807) is 0 Å². The summed E-state index contributed by atoms with van der Waals surface area (Å²) >= 11 is 6.07. The number of esters is 1. The molecule has 0 amide bonds. The fourth-order valence-corrected chi connectivity index (χ4v) is 5.97. The maximum atomic E-state index is 13.3. The van der Waals surface area contributed by atoms with Crippen molar-refractivity contribution in [2.75, 3.05) is 23.3 Å². The molecule has 4 aromatic carbocycles. The first-order valence-electron chi connectivity index (χ1n) is 14.6. The van der Waals surface area contributed by atoms with E-state index in [2.05, 4.69) is 42.3 Å². The van der Waals surface area contributed by atoms with Gasteiger partial charge in [0.05, 0.1) is 5.56 Å². The van der Waals surface area contributed by atoms with Crippen molar-refractivity contribution >= 4 is 28.9 Å². The van der Waals surface area contributed by atoms with Crippen LogP contribution in [0.15, 0.2) is 84.9 Å². The first-order valence-corrected chi connectivity index (χ1v) is 14.9. The van der Waals surface area contributed by atoms with Crippen molar-refractivity contribution in [2.45, 2.75) is 51.7 Å². The van der Waals surface area contributed by atoms with Crippen LogP contribution in [0.5, 0.6) is 11.5 Å². The van der Waals surface area contributed by atoms with Gasteiger partial charge in [0.25, 0.3) is 0 Å². The standard InChI is InChI=1S/C35H35ClN2O3/c1-3-5-19-38(20-6-4-2)27-16-17-30-33(22-27)40-32-18-15-26(37-23-24-11-13-25(36)14-12-24)21-31(32)35(30)29-10-8-7-9-28(29)34(39)41-35/h7-18,21-22,37H,3-6,19-20,23H2,1-2H3. The Morgan fingerprint density at radius 3 is 2.32 bits per heavy atom. The van der Waals surface area contributed by atoms with Crippen LogP contribution in [-0.4, -0.2) is 19.1 Å². The average Bonchev–Trinajstić information content (AvgIpc) is 3.29. The summed E-state index contributed by atoms with van der Waals surface area (Å²) in [6.45, 7) is 7.07. The fourth-order valence-electron chi connectivity index (χ4n) is 5.84. The quantitative estimate of drug-likeness (QED) is 0.194. The lowest BCUT2D eigenvalue weighted by Gasteiger charge is -2.37. The SMILES string of the molecule is CCCCN(CCCC)c1ccc2c(c1)Oc1ccc(NCc3ccc(Cl)cc3)cc1C21OC(=O)c2ccccc21. The van der Waals surface area contributed by atoms with Crippen LogP contribution >= 0.6 is 11.6 Å². The van der Waals surface area contributed by atoms with E-state index < -0.39 is 5.60 Å². The summed E-state index contributed by atoms with van der Waals surface area (Å²) in [4.78, 5) is 15.7. The van der Waals surface area contributed by atoms with Crippen molar-refractivity contribution in [1.29, 1.82) is 0 Å². The van der Waals surface area contributed by atoms with Gasteiger partial charge >= 0.3 is 5.97 Å². The van der Waals surface area contributed by atoms with Crippen LogP contribution in [0.1, 0.15) is 72.1 Å². The molecular formula is C35H35ClN2O3. The zero-order valence-corrected chi connectivity index (χ0v) is 24.3. The Balaban J connectivity index is 1.43. The highest BCUT2D eigenvalue weighted by Crippen LogP contribution is 2.57. The van der Waals surface area contributed by atoms with Crippen LogP contribution in [0.2, 0.25) is 5.02 Å². The van der Waals surface area contributed by atoms with E-state index in [4.69, 9.17) is 21.1 Å². The van der Waals surface area contributed by atoms with E-state index in [1.165, 1.54) is 0 Å². The second-order valence-electron chi connectivity index (χ2n) is 10.8. The van der Waals surface area contributed by atoms with Gasteiger partial charge in [-0.2, -0.15) is 0 Å². The molecule has 1 spiro atoms. The van der Waals surface area contributed by atoms with Crippen molar-refractivity contribution in [1.82, 2.24) is 0 Å². The molecule has 2 heterocycles. The highest BCUT2D eigenvalue weighted by molar-refractivity contribution is 6.30. The molecule has 1 unspecified atom stereocenters. The Morgan fingerprint density at radius 2 is 1.56 bits per heavy atom. The second-order valence-corrected chi connectivity index (χ2v) is 11.2. The van der Waals surface area contributed by atoms with Gasteiger partial charge in [-0.1, -0.05) is 68.6 Å². The maximum absolute atomic E-state index is 13.3. The fraction of sp³-hybridized carbons (Fsp3) is 0.286. The molecule has 0 fully saturated rings. The van der Waals surface area contributed by atoms with Crippen molar-refractivity contribution in [2.24, 2.45) is 0 Å². The van der Waals surface area contributed by atoms with Crippen molar-refractivity contribution in [3.63, 3.8) is 0 Å². The number of carbonyl (C=O) groups excluding carboxylic acids is 1. The molecule has 0 bridgehead atoms. The first-order chi connectivity index (χ1) is 20.0. The molecule has 1 N–H and O–H groups in total. The van der Waals surface area contributed by atoms with Crippen molar-refractivity contribution in [3.8, 4) is 11.5 Å². The lowest BCUT2D eigenvalue weighted by atomic mass is 9.77. The predicted octanol–water partition coefficient (Wildman–Crippen LogP) is 8.93. The number of nitrogens with one attached hydrogen (secondary N) is 1. The summed E-state index contributed by atoms with van der Waals surface area (Å²) in [5.41, 5.74) is 5.14. The predicted molar refractivity (Wildman–Crippen MR) is 166 cm³/mol. The van der Waals surface area contributed by atoms with Gasteiger partial charge in [-0.25, -0.2) is 4.79 Å². The molecule has 6 rings (SSSR count). The van der Waals surface area contributed by atoms with E-state index in [9.17, 15) is 4.79 Å². The number of hydrogen-bond acceptors (Lipinski definition) is 5. The maximum Gasteiger partial charge on any atom is 0.340 e. The number of benzene rings is 4. The van der Waals surface area contributed by atoms with Crippen LogP contribution in [0.3, 0.4) is 0 Å². The summed E-state index contributed by atoms with van der Waals surface area (Å²) < 4.78 is 13.0. The van der Waals surface area contributed by atoms with E-state index >= 15 is 0 Å². The van der Waals surface area contributed by atoms with Crippen LogP contribution in [0, 0.1) is 0 Å². The van der Waals surface area contributed by atoms with Crippen LogP contribution < -0.4 is 15.0 Å². The minimum absolute atomic E-state index is 0.324. The van der Waals surface area contributed by atoms with Crippen LogP contribution in [-0.2, 0) is 16.9 Å². The summed E-state index contributed by atoms with van der Waals surface area (Å²) in [7, 11) is 0. The summed E-state index contributed by atoms with van der Waals surface area (Å²) in [5, 5.41) is 4.23. The minimum atomic E-state index is -1.09. The van der Waals surface area contributed by atoms with Crippen molar-refractivity contribution < 1.29 is 14.3 Å². The van der Waals surface area contributed by atoms with Gasteiger partial charge in [-0.3, -0.25) is 0 Å². The molecule has 0 aromatic heterocycles. The van der Waals surface area contributed by atoms with Gasteiger partial charge in [0, 0.05) is 58.8 Å². The molecule has 0 aliphatic carbocycles. The monoisotopic (exact) mass is 566 g/mol. The number of carbonyl (C=O) groups is 1. The third-order valence-corrected chi connectivity index (χ3v) is 8.29. The van der Waals surface area contributed by atoms with Crippen molar-refractivity contribution in [3.05, 3.63) is 118 Å². The summed E-state index contributed by atoms with van der Waals surface area (Å²) in [5.74, 6) is 1.08. The minimum Gasteiger partial charge on any atom is -0.456 e. The van der Waals surface area contributed by atoms with Gasteiger partial charge in [0.2, 0.25) is 0 Å². The van der Waals surface area contributed by atoms with Crippen LogP contribution in [0.4, 0.5) is 11.4 Å². The third-order valence-electron chi connectivity index (χ3n) is 8.03. The number of fused-ring (bicyclic) bond motifs is 6. The van der Waals surface area contributed by atoms with E-state index in [0.717, 1.165) is 78.2 Å². The molecule has 1 atom stereocenters. The number of rotatable bonds is 10. The summed E-state index contributed by atoms with van der Waals surface area (Å²) in [6.07, 6.45) is 4.54. The van der Waals surface area contributed by atoms with E-state index in [-0.39, 0.29) is 5.97 Å². The normalized spacial score (nSPS) is 16.4. The lowest BCUT2D eigenvalue weighted by molar-refractivity contribution is 0.0224. The topological polar surface area (TPSA) is 50.8 Å². The van der Waals surface area contributed by atoms with Gasteiger partial charge in [-0.15, -0.1) is 0 Å². The lowest BCUT2D eigenvalue weighted by Crippen LogP contribution is -2.33. The Morgan fingerprint density at radius 1 is 0.805 bits per heavy atom. The molecule has 41 heavy (non-hydrogen) atoms. The van der Waals surface area contributed by atoms with Crippen LogP contribution in [0.25, 0.3) is 0 Å². The molecule has 5 nitrogen and oxygen atoms in total. The molecule has 0 saturated heterocycles. The smallest absolute Gasteiger partial charge is 0.340 e. The zero-order chi connectivity index (χ0) is 28.4. The van der Waals surface area contributed by atoms with E-state index in [1.807, 2.05) is 66.7 Å². The Labute approximate surface area is 247 Å². The number of unbranched alkanes of at least 4 members (excludes halogenated alkanes) is 2. The average molecular weight is 567 g/mol. The molecule has 0 saturated carbocycles. The van der Waals surface area contributed by atoms with Gasteiger partial charge in [0.1, 0.15) is 11.5 Å². The molecule has 210 valence electrons. The third kappa shape index (κ3) is 5.04. The van der Waals surface area contributed by atoms with Gasteiger partial charge in [-0.05, 0) is 66.9 Å². The Kier molecular flexibility index (Phi) is 7.63. The summed E-state index contributed by atoms with van der Waals surface area (Å²) in [6, 6.07) is 27.9. The molecular weight excluding hydrogens is 532 g/mol.